The first kappa shape index (κ1) is 14.7. The highest BCUT2D eigenvalue weighted by atomic mass is 16.3. The van der Waals surface area contributed by atoms with Gasteiger partial charge in [-0.3, -0.25) is 19.1 Å². The van der Waals surface area contributed by atoms with Crippen LogP contribution in [0.1, 0.15) is 18.6 Å². The number of aliphatic hydroxyl groups is 1. The molecule has 1 heterocycles. The molecule has 0 saturated heterocycles. The Morgan fingerprint density at radius 2 is 2.05 bits per heavy atom. The monoisotopic (exact) mass is 289 g/mol. The topological polar surface area (TPSA) is 104 Å². The van der Waals surface area contributed by atoms with Crippen molar-refractivity contribution in [1.29, 1.82) is 0 Å². The summed E-state index contributed by atoms with van der Waals surface area (Å²) >= 11 is 0. The lowest BCUT2D eigenvalue weighted by molar-refractivity contribution is -0.116. The number of carbonyl (C=O) groups is 1. The van der Waals surface area contributed by atoms with Gasteiger partial charge in [-0.2, -0.15) is 0 Å². The number of anilines is 1. The van der Waals surface area contributed by atoms with Gasteiger partial charge in [0.1, 0.15) is 6.54 Å². The van der Waals surface area contributed by atoms with E-state index < -0.39 is 23.3 Å². The number of nitrogens with zero attached hydrogens (tertiary/aromatic N) is 1. The number of aromatic nitrogens is 2. The number of H-pyrrole nitrogens is 1. The van der Waals surface area contributed by atoms with Gasteiger partial charge in [-0.05, 0) is 13.0 Å². The van der Waals surface area contributed by atoms with E-state index in [9.17, 15) is 19.5 Å². The highest BCUT2D eigenvalue weighted by Crippen LogP contribution is 2.21. The Hall–Kier alpha value is -2.67. The zero-order chi connectivity index (χ0) is 15.4. The lowest BCUT2D eigenvalue weighted by Gasteiger charge is -2.13. The average molecular weight is 289 g/mol. The Kier molecular flexibility index (Phi) is 4.34. The molecular formula is C14H15N3O4. The van der Waals surface area contributed by atoms with E-state index in [2.05, 4.69) is 10.3 Å². The molecule has 0 aliphatic rings. The molecule has 3 N–H and O–H groups in total. The summed E-state index contributed by atoms with van der Waals surface area (Å²) in [5, 5.41) is 12.3. The second-order valence-electron chi connectivity index (χ2n) is 4.55. The summed E-state index contributed by atoms with van der Waals surface area (Å²) in [5.74, 6) is -0.433. The van der Waals surface area contributed by atoms with Gasteiger partial charge >= 0.3 is 5.69 Å². The highest BCUT2D eigenvalue weighted by Gasteiger charge is 2.11. The fraction of sp³-hybridized carbons (Fsp3) is 0.214. The van der Waals surface area contributed by atoms with Gasteiger partial charge in [-0.25, -0.2) is 4.79 Å². The minimum absolute atomic E-state index is 0.232. The Bertz CT molecular complexity index is 761. The molecule has 1 amide bonds. The van der Waals surface area contributed by atoms with Crippen molar-refractivity contribution in [3.63, 3.8) is 0 Å². The van der Waals surface area contributed by atoms with Crippen LogP contribution >= 0.6 is 0 Å². The van der Waals surface area contributed by atoms with Crippen molar-refractivity contribution in [3.8, 4) is 0 Å². The molecule has 0 bridgehead atoms. The first-order valence-electron chi connectivity index (χ1n) is 6.34. The number of aliphatic hydroxyl groups excluding tert-OH is 1. The molecule has 1 aromatic heterocycles. The average Bonchev–Trinajstić information content (AvgIpc) is 2.42. The molecule has 110 valence electrons. The number of hydrogen-bond donors (Lipinski definition) is 3. The summed E-state index contributed by atoms with van der Waals surface area (Å²) in [6.07, 6.45) is 0.527. The Labute approximate surface area is 119 Å². The molecule has 0 fully saturated rings. The van der Waals surface area contributed by atoms with Gasteiger partial charge in [-0.1, -0.05) is 18.2 Å². The maximum atomic E-state index is 11.9. The second-order valence-corrected chi connectivity index (χ2v) is 4.55. The predicted molar refractivity (Wildman–Crippen MR) is 77.0 cm³/mol. The molecule has 0 saturated carbocycles. The van der Waals surface area contributed by atoms with Crippen LogP contribution in [0.4, 0.5) is 5.69 Å². The largest absolute Gasteiger partial charge is 0.389 e. The zero-order valence-corrected chi connectivity index (χ0v) is 11.4. The SMILES string of the molecule is CC(O)c1ccccc1NC(=O)Cn1ccc(=O)[nH]c1=O. The van der Waals surface area contributed by atoms with Crippen molar-refractivity contribution in [3.05, 3.63) is 62.9 Å². The third-order valence-corrected chi connectivity index (χ3v) is 2.90. The third-order valence-electron chi connectivity index (χ3n) is 2.90. The predicted octanol–water partition coefficient (Wildman–Crippen LogP) is 0.229. The summed E-state index contributed by atoms with van der Waals surface area (Å²) in [6.45, 7) is 1.36. The van der Waals surface area contributed by atoms with E-state index in [1.165, 1.54) is 12.3 Å². The summed E-state index contributed by atoms with van der Waals surface area (Å²) in [7, 11) is 0. The normalized spacial score (nSPS) is 11.9. The molecular weight excluding hydrogens is 274 g/mol. The van der Waals surface area contributed by atoms with Crippen LogP contribution < -0.4 is 16.6 Å². The van der Waals surface area contributed by atoms with E-state index in [1.807, 2.05) is 0 Å². The Balaban J connectivity index is 2.16. The van der Waals surface area contributed by atoms with Gasteiger partial charge in [0.05, 0.1) is 6.10 Å². The van der Waals surface area contributed by atoms with E-state index >= 15 is 0 Å². The molecule has 1 unspecified atom stereocenters. The zero-order valence-electron chi connectivity index (χ0n) is 11.4. The minimum atomic E-state index is -0.725. The van der Waals surface area contributed by atoms with E-state index in [1.54, 1.807) is 31.2 Å². The number of carbonyl (C=O) groups excluding carboxylic acids is 1. The molecule has 7 nitrogen and oxygen atoms in total. The summed E-state index contributed by atoms with van der Waals surface area (Å²) in [4.78, 5) is 36.5. The van der Waals surface area contributed by atoms with Crippen LogP contribution in [0.15, 0.2) is 46.1 Å². The van der Waals surface area contributed by atoms with Crippen molar-refractivity contribution < 1.29 is 9.90 Å². The molecule has 2 rings (SSSR count). The van der Waals surface area contributed by atoms with Crippen LogP contribution in [0, 0.1) is 0 Å². The van der Waals surface area contributed by atoms with Gasteiger partial charge in [-0.15, -0.1) is 0 Å². The first-order chi connectivity index (χ1) is 9.97. The molecule has 0 aliphatic carbocycles. The summed E-state index contributed by atoms with van der Waals surface area (Å²) in [6, 6.07) is 8.01. The number of amides is 1. The third kappa shape index (κ3) is 3.67. The molecule has 0 spiro atoms. The smallest absolute Gasteiger partial charge is 0.328 e. The molecule has 0 radical (unpaired) electrons. The van der Waals surface area contributed by atoms with E-state index in [0.29, 0.717) is 11.3 Å². The number of aromatic amines is 1. The van der Waals surface area contributed by atoms with Crippen molar-refractivity contribution in [2.24, 2.45) is 0 Å². The number of para-hydroxylation sites is 1. The van der Waals surface area contributed by atoms with Crippen LogP contribution in [-0.2, 0) is 11.3 Å². The lowest BCUT2D eigenvalue weighted by atomic mass is 10.1. The number of nitrogens with one attached hydrogen (secondary N) is 2. The van der Waals surface area contributed by atoms with Crippen molar-refractivity contribution >= 4 is 11.6 Å². The molecule has 21 heavy (non-hydrogen) atoms. The second kappa shape index (κ2) is 6.19. The van der Waals surface area contributed by atoms with Gasteiger partial charge in [0.2, 0.25) is 5.91 Å². The fourth-order valence-corrected chi connectivity index (χ4v) is 1.89. The van der Waals surface area contributed by atoms with Crippen LogP contribution in [0.5, 0.6) is 0 Å². The van der Waals surface area contributed by atoms with Crippen LogP contribution in [-0.4, -0.2) is 20.6 Å². The van der Waals surface area contributed by atoms with Crippen molar-refractivity contribution in [2.45, 2.75) is 19.6 Å². The maximum absolute atomic E-state index is 11.9. The van der Waals surface area contributed by atoms with Gasteiger partial charge in [0, 0.05) is 23.5 Å². The summed E-state index contributed by atoms with van der Waals surface area (Å²) in [5.41, 5.74) is -0.104. The molecule has 0 aliphatic heterocycles. The number of benzene rings is 1. The number of rotatable bonds is 4. The molecule has 1 atom stereocenters. The van der Waals surface area contributed by atoms with Gasteiger partial charge in [0.15, 0.2) is 0 Å². The standard InChI is InChI=1S/C14H15N3O4/c1-9(18)10-4-2-3-5-11(10)15-13(20)8-17-7-6-12(19)16-14(17)21/h2-7,9,18H,8H2,1H3,(H,15,20)(H,16,19,21). The summed E-state index contributed by atoms with van der Waals surface area (Å²) < 4.78 is 1.09. The minimum Gasteiger partial charge on any atom is -0.389 e. The van der Waals surface area contributed by atoms with E-state index in [0.717, 1.165) is 4.57 Å². The fourth-order valence-electron chi connectivity index (χ4n) is 1.89. The molecule has 2 aromatic rings. The first-order valence-corrected chi connectivity index (χ1v) is 6.34. The maximum Gasteiger partial charge on any atom is 0.328 e. The number of hydrogen-bond acceptors (Lipinski definition) is 4. The molecule has 1 aromatic carbocycles. The van der Waals surface area contributed by atoms with Crippen molar-refractivity contribution in [1.82, 2.24) is 9.55 Å². The van der Waals surface area contributed by atoms with Gasteiger partial charge < -0.3 is 10.4 Å². The van der Waals surface area contributed by atoms with Gasteiger partial charge in [0.25, 0.3) is 5.56 Å². The van der Waals surface area contributed by atoms with Crippen LogP contribution in [0.2, 0.25) is 0 Å². The van der Waals surface area contributed by atoms with E-state index in [4.69, 9.17) is 0 Å². The lowest BCUT2D eigenvalue weighted by Crippen LogP contribution is -2.32. The van der Waals surface area contributed by atoms with Crippen molar-refractivity contribution in [2.75, 3.05) is 5.32 Å². The Morgan fingerprint density at radius 1 is 1.33 bits per heavy atom. The van der Waals surface area contributed by atoms with Crippen LogP contribution in [0.3, 0.4) is 0 Å². The molecule has 7 heteroatoms. The van der Waals surface area contributed by atoms with E-state index in [-0.39, 0.29) is 6.54 Å². The van der Waals surface area contributed by atoms with Crippen LogP contribution in [0.25, 0.3) is 0 Å². The highest BCUT2D eigenvalue weighted by molar-refractivity contribution is 5.91. The quantitative estimate of drug-likeness (QED) is 0.749. The Morgan fingerprint density at radius 3 is 2.71 bits per heavy atom.